The van der Waals surface area contributed by atoms with E-state index in [4.69, 9.17) is 39.5 Å². The molecule has 3 rings (SSSR count). The van der Waals surface area contributed by atoms with Crippen molar-refractivity contribution in [3.8, 4) is 0 Å². The van der Waals surface area contributed by atoms with Gasteiger partial charge in [0.2, 0.25) is 0 Å². The summed E-state index contributed by atoms with van der Waals surface area (Å²) < 4.78 is 6.64. The third-order valence-electron chi connectivity index (χ3n) is 4.59. The average Bonchev–Trinajstić information content (AvgIpc) is 3.09. The highest BCUT2D eigenvalue weighted by Crippen LogP contribution is 2.25. The molecule has 0 aliphatic carbocycles. The van der Waals surface area contributed by atoms with Crippen molar-refractivity contribution in [3.05, 3.63) is 63.2 Å². The predicted octanol–water partition coefficient (Wildman–Crippen LogP) is 4.86. The first-order valence-electron chi connectivity index (χ1n) is 10.4. The average molecular weight is 526 g/mol. The van der Waals surface area contributed by atoms with E-state index in [-0.39, 0.29) is 18.3 Å². The van der Waals surface area contributed by atoms with E-state index in [0.717, 1.165) is 0 Å². The van der Waals surface area contributed by atoms with E-state index >= 15 is 0 Å². The van der Waals surface area contributed by atoms with E-state index in [9.17, 15) is 14.4 Å². The molecule has 0 saturated heterocycles. The lowest BCUT2D eigenvalue weighted by atomic mass is 10.2. The zero-order valence-corrected chi connectivity index (χ0v) is 20.7. The van der Waals surface area contributed by atoms with Crippen LogP contribution in [0.3, 0.4) is 0 Å². The van der Waals surface area contributed by atoms with Crippen molar-refractivity contribution in [2.45, 2.75) is 26.4 Å². The molecule has 3 amide bonds. The van der Waals surface area contributed by atoms with Gasteiger partial charge in [0.05, 0.1) is 11.6 Å². The summed E-state index contributed by atoms with van der Waals surface area (Å²) in [7, 11) is 0. The minimum atomic E-state index is -0.933. The van der Waals surface area contributed by atoms with Gasteiger partial charge in [-0.3, -0.25) is 19.8 Å². The molecule has 3 aromatic rings. The van der Waals surface area contributed by atoms with E-state index in [0.29, 0.717) is 44.7 Å². The summed E-state index contributed by atoms with van der Waals surface area (Å²) in [5, 5.41) is 6.95. The standard InChI is InChI=1S/C23H23Cl3N4O4/c1-13(2)34-7-3-6-27-22(32)23(33)29-30-19-5-4-15(24)8-14(19)9-20(30)21(31)28-18-11-16(25)10-17(26)12-18/h4-5,8-13H,3,6-7H2,1-2H3,(H,27,32)(H,28,31)(H,29,33). The molecule has 8 nitrogen and oxygen atoms in total. The van der Waals surface area contributed by atoms with Gasteiger partial charge in [0, 0.05) is 39.3 Å². The molecular formula is C23H23Cl3N4O4. The number of hydrogen-bond donors (Lipinski definition) is 3. The molecule has 1 aromatic heterocycles. The molecule has 0 aliphatic heterocycles. The van der Waals surface area contributed by atoms with Crippen molar-refractivity contribution in [1.82, 2.24) is 9.99 Å². The fourth-order valence-electron chi connectivity index (χ4n) is 3.12. The molecule has 1 heterocycles. The highest BCUT2D eigenvalue weighted by molar-refractivity contribution is 6.38. The van der Waals surface area contributed by atoms with Crippen molar-refractivity contribution in [3.63, 3.8) is 0 Å². The Bertz CT molecular complexity index is 1210. The Kier molecular flexibility index (Phi) is 8.79. The van der Waals surface area contributed by atoms with E-state index in [1.807, 2.05) is 13.8 Å². The number of nitrogens with zero attached hydrogens (tertiary/aromatic N) is 1. The van der Waals surface area contributed by atoms with Crippen molar-refractivity contribution in [1.29, 1.82) is 0 Å². The number of amides is 3. The van der Waals surface area contributed by atoms with Crippen LogP contribution >= 0.6 is 34.8 Å². The number of carbonyl (C=O) groups is 3. The number of anilines is 1. The Labute approximate surface area is 211 Å². The topological polar surface area (TPSA) is 101 Å². The van der Waals surface area contributed by atoms with Crippen LogP contribution in [0.25, 0.3) is 10.9 Å². The summed E-state index contributed by atoms with van der Waals surface area (Å²) in [6, 6.07) is 11.0. The summed E-state index contributed by atoms with van der Waals surface area (Å²) in [6.45, 7) is 4.55. The maximum Gasteiger partial charge on any atom is 0.328 e. The molecule has 0 spiro atoms. The van der Waals surface area contributed by atoms with Crippen LogP contribution in [0.15, 0.2) is 42.5 Å². The lowest BCUT2D eigenvalue weighted by Gasteiger charge is -2.13. The summed E-state index contributed by atoms with van der Waals surface area (Å²) in [4.78, 5) is 37.9. The first kappa shape index (κ1) is 25.8. The molecule has 0 radical (unpaired) electrons. The molecule has 34 heavy (non-hydrogen) atoms. The second-order valence-corrected chi connectivity index (χ2v) is 8.96. The van der Waals surface area contributed by atoms with Gasteiger partial charge < -0.3 is 15.4 Å². The van der Waals surface area contributed by atoms with E-state index in [2.05, 4.69) is 16.1 Å². The fourth-order valence-corrected chi connectivity index (χ4v) is 3.83. The lowest BCUT2D eigenvalue weighted by Crippen LogP contribution is -2.40. The maximum atomic E-state index is 13.0. The summed E-state index contributed by atoms with van der Waals surface area (Å²) in [5.41, 5.74) is 3.39. The summed E-state index contributed by atoms with van der Waals surface area (Å²) >= 11 is 18.1. The molecule has 3 N–H and O–H groups in total. The number of nitrogens with one attached hydrogen (secondary N) is 3. The van der Waals surface area contributed by atoms with Gasteiger partial charge in [-0.1, -0.05) is 34.8 Å². The Morgan fingerprint density at radius 1 is 0.941 bits per heavy atom. The molecule has 0 fully saturated rings. The molecule has 0 unspecified atom stereocenters. The van der Waals surface area contributed by atoms with Crippen LogP contribution in [-0.2, 0) is 14.3 Å². The Morgan fingerprint density at radius 2 is 1.65 bits per heavy atom. The first-order valence-corrected chi connectivity index (χ1v) is 11.6. The van der Waals surface area contributed by atoms with Gasteiger partial charge in [-0.15, -0.1) is 0 Å². The van der Waals surface area contributed by atoms with E-state index in [1.54, 1.807) is 24.3 Å². The molecule has 180 valence electrons. The number of hydrogen-bond acceptors (Lipinski definition) is 4. The van der Waals surface area contributed by atoms with Crippen LogP contribution < -0.4 is 16.1 Å². The molecule has 0 bridgehead atoms. The van der Waals surface area contributed by atoms with E-state index < -0.39 is 17.7 Å². The number of rotatable bonds is 8. The third-order valence-corrected chi connectivity index (χ3v) is 5.27. The lowest BCUT2D eigenvalue weighted by molar-refractivity contribution is -0.136. The minimum Gasteiger partial charge on any atom is -0.379 e. The molecule has 0 saturated carbocycles. The van der Waals surface area contributed by atoms with Crippen LogP contribution in [0, 0.1) is 0 Å². The van der Waals surface area contributed by atoms with Gasteiger partial charge in [-0.05, 0) is 62.7 Å². The Hall–Kier alpha value is -2.78. The van der Waals surface area contributed by atoms with Crippen molar-refractivity contribution >= 4 is 69.1 Å². The molecule has 0 aliphatic rings. The van der Waals surface area contributed by atoms with Crippen molar-refractivity contribution in [2.75, 3.05) is 23.9 Å². The molecule has 2 aromatic carbocycles. The number of aromatic nitrogens is 1. The van der Waals surface area contributed by atoms with Crippen LogP contribution in [0.4, 0.5) is 5.69 Å². The Morgan fingerprint density at radius 3 is 2.32 bits per heavy atom. The van der Waals surface area contributed by atoms with Crippen LogP contribution in [0.2, 0.25) is 15.1 Å². The number of benzene rings is 2. The van der Waals surface area contributed by atoms with Crippen molar-refractivity contribution in [2.24, 2.45) is 0 Å². The largest absolute Gasteiger partial charge is 0.379 e. The summed E-state index contributed by atoms with van der Waals surface area (Å²) in [5.74, 6) is -2.33. The summed E-state index contributed by atoms with van der Waals surface area (Å²) in [6.07, 6.45) is 0.639. The normalized spacial score (nSPS) is 11.0. The quantitative estimate of drug-likeness (QED) is 0.289. The van der Waals surface area contributed by atoms with Gasteiger partial charge in [-0.2, -0.15) is 0 Å². The maximum absolute atomic E-state index is 13.0. The zero-order valence-electron chi connectivity index (χ0n) is 18.5. The van der Waals surface area contributed by atoms with Gasteiger partial charge in [0.15, 0.2) is 0 Å². The molecule has 11 heteroatoms. The van der Waals surface area contributed by atoms with E-state index in [1.165, 1.54) is 22.9 Å². The highest BCUT2D eigenvalue weighted by atomic mass is 35.5. The number of carbonyl (C=O) groups excluding carboxylic acids is 3. The predicted molar refractivity (Wildman–Crippen MR) is 134 cm³/mol. The van der Waals surface area contributed by atoms with Gasteiger partial charge in [0.25, 0.3) is 5.91 Å². The van der Waals surface area contributed by atoms with Crippen molar-refractivity contribution < 1.29 is 19.1 Å². The second-order valence-electron chi connectivity index (χ2n) is 7.65. The highest BCUT2D eigenvalue weighted by Gasteiger charge is 2.21. The van der Waals surface area contributed by atoms with Crippen LogP contribution in [0.5, 0.6) is 0 Å². The third kappa shape index (κ3) is 6.87. The number of ether oxygens (including phenoxy) is 1. The SMILES string of the molecule is CC(C)OCCCNC(=O)C(=O)Nn1c(C(=O)Nc2cc(Cl)cc(Cl)c2)cc2cc(Cl)ccc21. The monoisotopic (exact) mass is 524 g/mol. The number of halogens is 3. The minimum absolute atomic E-state index is 0.0693. The van der Waals surface area contributed by atoms with Crippen LogP contribution in [-0.4, -0.2) is 41.7 Å². The first-order chi connectivity index (χ1) is 16.1. The Balaban J connectivity index is 1.79. The smallest absolute Gasteiger partial charge is 0.328 e. The van der Waals surface area contributed by atoms with Gasteiger partial charge in [-0.25, -0.2) is 4.68 Å². The fraction of sp³-hybridized carbons (Fsp3) is 0.261. The zero-order chi connectivity index (χ0) is 24.8. The van der Waals surface area contributed by atoms with Crippen LogP contribution in [0.1, 0.15) is 30.8 Å². The molecular weight excluding hydrogens is 503 g/mol. The number of fused-ring (bicyclic) bond motifs is 1. The molecule has 0 atom stereocenters. The van der Waals surface area contributed by atoms with Gasteiger partial charge in [0.1, 0.15) is 5.69 Å². The van der Waals surface area contributed by atoms with Gasteiger partial charge >= 0.3 is 11.8 Å². The second kappa shape index (κ2) is 11.6.